The van der Waals surface area contributed by atoms with Gasteiger partial charge in [0.25, 0.3) is 0 Å². The van der Waals surface area contributed by atoms with Gasteiger partial charge in [-0.3, -0.25) is 0 Å². The molecule has 0 aromatic heterocycles. The van der Waals surface area contributed by atoms with Crippen LogP contribution in [0.5, 0.6) is 0 Å². The van der Waals surface area contributed by atoms with E-state index in [9.17, 15) is 0 Å². The van der Waals surface area contributed by atoms with Gasteiger partial charge in [0, 0.05) is 44.8 Å². The van der Waals surface area contributed by atoms with Crippen molar-refractivity contribution in [2.24, 2.45) is 0 Å². The summed E-state index contributed by atoms with van der Waals surface area (Å²) in [6, 6.07) is 43.8. The molecule has 1 aliphatic heterocycles. The molecule has 71 heavy (non-hydrogen) atoms. The van der Waals surface area contributed by atoms with Crippen LogP contribution in [0, 0.1) is 6.92 Å². The van der Waals surface area contributed by atoms with Gasteiger partial charge in [-0.05, 0) is 198 Å². The third-order valence-electron chi connectivity index (χ3n) is 19.6. The quantitative estimate of drug-likeness (QED) is 0.177. The van der Waals surface area contributed by atoms with E-state index in [0.29, 0.717) is 0 Å². The van der Waals surface area contributed by atoms with Crippen molar-refractivity contribution < 1.29 is 0 Å². The molecule has 0 fully saturated rings. The number of hydrogen-bond acceptors (Lipinski definition) is 2. The monoisotopic (exact) mass is 933 g/mol. The molecule has 5 aliphatic rings. The van der Waals surface area contributed by atoms with Crippen LogP contribution < -0.4 is 21.1 Å². The van der Waals surface area contributed by atoms with E-state index in [-0.39, 0.29) is 37.9 Å². The summed E-state index contributed by atoms with van der Waals surface area (Å²) in [4.78, 5) is 2.75. The highest BCUT2D eigenvalue weighted by Crippen LogP contribution is 2.56. The Morgan fingerprint density at radius 2 is 0.972 bits per heavy atom. The van der Waals surface area contributed by atoms with Crippen LogP contribution >= 0.6 is 0 Å². The molecule has 7 aromatic rings. The van der Waals surface area contributed by atoms with E-state index in [2.05, 4.69) is 223 Å². The summed E-state index contributed by atoms with van der Waals surface area (Å²) >= 11 is 0. The van der Waals surface area contributed by atoms with Crippen molar-refractivity contribution in [3.05, 3.63) is 159 Å². The van der Waals surface area contributed by atoms with Crippen molar-refractivity contribution in [2.45, 2.75) is 180 Å². The highest BCUT2D eigenvalue weighted by Gasteiger charge is 2.45. The SMILES string of the molecule is Cc1cc2c(cc1N1c3ccc4c(c3Bc3c(-c5cc6c(cc5Nc5ccc7c(c5)C(C)(C)CCC7(C)C)C(C)(C)CCC6(C)C)cc5ccccc5c31)C(C)(C)c1ccccc1-4)C(C)(C)CCC2(C)C. The number of hydrogen-bond donors (Lipinski definition) is 1. The Morgan fingerprint density at radius 1 is 0.423 bits per heavy atom. The van der Waals surface area contributed by atoms with Crippen LogP contribution in [-0.2, 0) is 37.9 Å². The number of benzene rings is 7. The minimum absolute atomic E-state index is 0.0343. The molecule has 0 atom stereocenters. The molecule has 0 radical (unpaired) electrons. The van der Waals surface area contributed by atoms with E-state index < -0.39 is 0 Å². The van der Waals surface area contributed by atoms with Crippen LogP contribution in [0.3, 0.4) is 0 Å². The molecule has 12 rings (SSSR count). The van der Waals surface area contributed by atoms with Crippen LogP contribution in [0.2, 0.25) is 0 Å². The third kappa shape index (κ3) is 6.86. The van der Waals surface area contributed by atoms with E-state index in [4.69, 9.17) is 0 Å². The average molecular weight is 933 g/mol. The molecule has 7 aromatic carbocycles. The van der Waals surface area contributed by atoms with Gasteiger partial charge in [-0.15, -0.1) is 0 Å². The first-order chi connectivity index (χ1) is 33.3. The van der Waals surface area contributed by atoms with E-state index in [1.165, 1.54) is 161 Å². The fourth-order valence-electron chi connectivity index (χ4n) is 14.7. The molecular formula is C68H77BN2. The van der Waals surface area contributed by atoms with Crippen LogP contribution in [0.15, 0.2) is 109 Å². The number of nitrogens with zero attached hydrogens (tertiary/aromatic N) is 1. The van der Waals surface area contributed by atoms with Crippen LogP contribution in [-0.4, -0.2) is 7.28 Å². The standard InChI is InChI=1S/C68H77BN2/c1-40-34-50-54(67(12,13)33-30-63(50,4)5)39-57(40)71-56-27-25-45-44-22-18-19-23-48(44)68(14,15)58(45)60(56)69-59-47(35-41-20-16-17-21-43(41)61(59)71)46-37-52-53(66(10,11)32-31-65(52,8)9)38-55(46)70-42-24-26-49-51(36-42)64(6,7)29-28-62(49,2)3/h16-27,34-39,69-70H,28-33H2,1-15H3. The number of rotatable bonds is 4. The number of anilines is 5. The summed E-state index contributed by atoms with van der Waals surface area (Å²) in [6.07, 6.45) is 7.11. The van der Waals surface area contributed by atoms with Crippen molar-refractivity contribution in [3.8, 4) is 22.3 Å². The Hall–Kier alpha value is -5.54. The number of fused-ring (bicyclic) bond motifs is 11. The Morgan fingerprint density at radius 3 is 1.63 bits per heavy atom. The molecule has 2 nitrogen and oxygen atoms in total. The lowest BCUT2D eigenvalue weighted by Crippen LogP contribution is -2.45. The molecule has 1 N–H and O–H groups in total. The first-order valence-electron chi connectivity index (χ1n) is 27.2. The van der Waals surface area contributed by atoms with E-state index >= 15 is 0 Å². The predicted molar refractivity (Wildman–Crippen MR) is 308 cm³/mol. The fourth-order valence-corrected chi connectivity index (χ4v) is 14.7. The average Bonchev–Trinajstić information content (AvgIpc) is 3.56. The second kappa shape index (κ2) is 15.0. The lowest BCUT2D eigenvalue weighted by Gasteiger charge is -2.44. The summed E-state index contributed by atoms with van der Waals surface area (Å²) < 4.78 is 0. The molecule has 362 valence electrons. The van der Waals surface area contributed by atoms with Crippen LogP contribution in [0.25, 0.3) is 33.0 Å². The maximum atomic E-state index is 4.23. The first kappa shape index (κ1) is 46.5. The highest BCUT2D eigenvalue weighted by molar-refractivity contribution is 6.74. The zero-order valence-electron chi connectivity index (χ0n) is 45.8. The summed E-state index contributed by atoms with van der Waals surface area (Å²) in [7, 11) is 0.845. The van der Waals surface area contributed by atoms with Crippen molar-refractivity contribution >= 4 is 57.4 Å². The van der Waals surface area contributed by atoms with Crippen LogP contribution in [0.1, 0.15) is 186 Å². The molecule has 4 aliphatic carbocycles. The van der Waals surface area contributed by atoms with Gasteiger partial charge in [0.2, 0.25) is 0 Å². The number of aryl methyl sites for hydroxylation is 1. The van der Waals surface area contributed by atoms with Crippen molar-refractivity contribution in [2.75, 3.05) is 10.2 Å². The molecule has 1 heterocycles. The van der Waals surface area contributed by atoms with Crippen molar-refractivity contribution in [1.29, 1.82) is 0 Å². The van der Waals surface area contributed by atoms with Gasteiger partial charge in [0.05, 0.1) is 0 Å². The van der Waals surface area contributed by atoms with Gasteiger partial charge in [-0.25, -0.2) is 0 Å². The molecule has 0 saturated heterocycles. The smallest absolute Gasteiger partial charge is 0.199 e. The molecule has 0 spiro atoms. The van der Waals surface area contributed by atoms with E-state index in [1.54, 1.807) is 0 Å². The summed E-state index contributed by atoms with van der Waals surface area (Å²) in [6.45, 7) is 36.9. The molecule has 3 heteroatoms. The zero-order chi connectivity index (χ0) is 50.2. The molecular weight excluding hydrogens is 856 g/mol. The summed E-state index contributed by atoms with van der Waals surface area (Å²) in [5.74, 6) is 0. The normalized spacial score (nSPS) is 20.6. The number of nitrogens with one attached hydrogen (secondary N) is 1. The summed E-state index contributed by atoms with van der Waals surface area (Å²) in [5.41, 5.74) is 28.2. The second-order valence-electron chi connectivity index (χ2n) is 27.5. The Bertz CT molecular complexity index is 3420. The first-order valence-corrected chi connectivity index (χ1v) is 27.2. The van der Waals surface area contributed by atoms with Gasteiger partial charge in [-0.1, -0.05) is 169 Å². The van der Waals surface area contributed by atoms with Gasteiger partial charge >= 0.3 is 0 Å². The second-order valence-corrected chi connectivity index (χ2v) is 27.5. The molecule has 0 bridgehead atoms. The maximum absolute atomic E-state index is 4.23. The topological polar surface area (TPSA) is 15.3 Å². The Kier molecular flexibility index (Phi) is 9.85. The third-order valence-corrected chi connectivity index (χ3v) is 19.6. The largest absolute Gasteiger partial charge is 0.355 e. The van der Waals surface area contributed by atoms with E-state index in [1.807, 2.05) is 0 Å². The summed E-state index contributed by atoms with van der Waals surface area (Å²) in [5, 5.41) is 6.82. The van der Waals surface area contributed by atoms with Gasteiger partial charge in [0.1, 0.15) is 0 Å². The molecule has 0 unspecified atom stereocenters. The Labute approximate surface area is 427 Å². The maximum Gasteiger partial charge on any atom is 0.199 e. The molecule has 0 amide bonds. The van der Waals surface area contributed by atoms with Crippen molar-refractivity contribution in [1.82, 2.24) is 0 Å². The minimum atomic E-state index is -0.169. The van der Waals surface area contributed by atoms with Gasteiger partial charge in [-0.2, -0.15) is 0 Å². The molecule has 0 saturated carbocycles. The lowest BCUT2D eigenvalue weighted by atomic mass is 9.54. The zero-order valence-corrected chi connectivity index (χ0v) is 45.8. The predicted octanol–water partition coefficient (Wildman–Crippen LogP) is 17.1. The van der Waals surface area contributed by atoms with Gasteiger partial charge < -0.3 is 10.2 Å². The van der Waals surface area contributed by atoms with Crippen LogP contribution in [0.4, 0.5) is 28.4 Å². The van der Waals surface area contributed by atoms with Gasteiger partial charge in [0.15, 0.2) is 7.28 Å². The highest BCUT2D eigenvalue weighted by atomic mass is 15.2. The Balaban J connectivity index is 1.18. The lowest BCUT2D eigenvalue weighted by molar-refractivity contribution is 0.332. The minimum Gasteiger partial charge on any atom is -0.355 e. The van der Waals surface area contributed by atoms with Crippen molar-refractivity contribution in [3.63, 3.8) is 0 Å². The fraction of sp³-hybridized carbons (Fsp3) is 0.412. The van der Waals surface area contributed by atoms with E-state index in [0.717, 1.165) is 7.28 Å².